The molecule has 1 unspecified atom stereocenters. The number of imidazole rings is 1. The number of nitrogens with one attached hydrogen (secondary N) is 1. The fraction of sp³-hybridized carbons (Fsp3) is 0.333. The van der Waals surface area contributed by atoms with Gasteiger partial charge in [-0.3, -0.25) is 4.79 Å². The van der Waals surface area contributed by atoms with E-state index in [0.717, 1.165) is 30.4 Å². The van der Waals surface area contributed by atoms with E-state index in [1.807, 2.05) is 26.1 Å². The van der Waals surface area contributed by atoms with Crippen LogP contribution in [-0.4, -0.2) is 25.6 Å². The number of aryl methyl sites for hydroxylation is 3. The van der Waals surface area contributed by atoms with Crippen LogP contribution in [0, 0.1) is 0 Å². The standard InChI is InChI=1S/C18H19N5O2/c1-3-15-21-16(22-25-15)12-4-6-13-11(10-12)5-7-14(13)20-18(24)17-19-8-9-23(17)2/h4,6,8-10,14H,3,5,7H2,1-2H3,(H,20,24). The summed E-state index contributed by atoms with van der Waals surface area (Å²) in [5.41, 5.74) is 3.30. The number of fused-ring (bicyclic) bond motifs is 1. The Labute approximate surface area is 145 Å². The van der Waals surface area contributed by atoms with Crippen LogP contribution in [-0.2, 0) is 19.9 Å². The lowest BCUT2D eigenvalue weighted by Gasteiger charge is -2.14. The van der Waals surface area contributed by atoms with Crippen molar-refractivity contribution in [2.75, 3.05) is 0 Å². The van der Waals surface area contributed by atoms with Crippen molar-refractivity contribution in [2.24, 2.45) is 7.05 Å². The second-order valence-electron chi connectivity index (χ2n) is 6.21. The molecule has 0 bridgehead atoms. The van der Waals surface area contributed by atoms with Crippen molar-refractivity contribution in [3.63, 3.8) is 0 Å². The third-order valence-corrected chi connectivity index (χ3v) is 4.58. The second-order valence-corrected chi connectivity index (χ2v) is 6.21. The SMILES string of the molecule is CCc1nc(-c2ccc3c(c2)CCC3NC(=O)c2nccn2C)no1. The Morgan fingerprint density at radius 3 is 3.04 bits per heavy atom. The Morgan fingerprint density at radius 2 is 2.32 bits per heavy atom. The molecule has 1 atom stereocenters. The maximum Gasteiger partial charge on any atom is 0.287 e. The van der Waals surface area contributed by atoms with Crippen molar-refractivity contribution in [2.45, 2.75) is 32.2 Å². The highest BCUT2D eigenvalue weighted by Crippen LogP contribution is 2.33. The summed E-state index contributed by atoms with van der Waals surface area (Å²) in [5, 5.41) is 7.11. The van der Waals surface area contributed by atoms with Crippen LogP contribution in [0.3, 0.4) is 0 Å². The lowest BCUT2D eigenvalue weighted by molar-refractivity contribution is 0.0923. The minimum absolute atomic E-state index is 0.00437. The van der Waals surface area contributed by atoms with Gasteiger partial charge < -0.3 is 14.4 Å². The lowest BCUT2D eigenvalue weighted by Crippen LogP contribution is -2.29. The molecule has 1 N–H and O–H groups in total. The number of rotatable bonds is 4. The number of hydrogen-bond acceptors (Lipinski definition) is 5. The summed E-state index contributed by atoms with van der Waals surface area (Å²) in [6.45, 7) is 1.98. The van der Waals surface area contributed by atoms with Crippen molar-refractivity contribution in [3.05, 3.63) is 53.4 Å². The highest BCUT2D eigenvalue weighted by Gasteiger charge is 2.26. The zero-order valence-electron chi connectivity index (χ0n) is 14.2. The molecule has 1 aromatic carbocycles. The fourth-order valence-electron chi connectivity index (χ4n) is 3.23. The highest BCUT2D eigenvalue weighted by atomic mass is 16.5. The van der Waals surface area contributed by atoms with Gasteiger partial charge in [0.1, 0.15) is 0 Å². The van der Waals surface area contributed by atoms with Crippen LogP contribution >= 0.6 is 0 Å². The Hall–Kier alpha value is -2.96. The van der Waals surface area contributed by atoms with Gasteiger partial charge in [-0.1, -0.05) is 24.2 Å². The fourth-order valence-corrected chi connectivity index (χ4v) is 3.23. The van der Waals surface area contributed by atoms with E-state index in [-0.39, 0.29) is 11.9 Å². The van der Waals surface area contributed by atoms with Crippen LogP contribution in [0.1, 0.15) is 47.0 Å². The van der Waals surface area contributed by atoms with Gasteiger partial charge in [0.15, 0.2) is 5.82 Å². The van der Waals surface area contributed by atoms with Gasteiger partial charge in [-0.05, 0) is 30.0 Å². The van der Waals surface area contributed by atoms with Crippen LogP contribution in [0.2, 0.25) is 0 Å². The van der Waals surface area contributed by atoms with Gasteiger partial charge in [0.05, 0.1) is 6.04 Å². The van der Waals surface area contributed by atoms with E-state index in [0.29, 0.717) is 17.5 Å². The molecule has 2 heterocycles. The molecule has 0 saturated heterocycles. The smallest absolute Gasteiger partial charge is 0.287 e. The van der Waals surface area contributed by atoms with Crippen molar-refractivity contribution >= 4 is 5.91 Å². The Balaban J connectivity index is 1.55. The number of aromatic nitrogens is 4. The topological polar surface area (TPSA) is 85.8 Å². The lowest BCUT2D eigenvalue weighted by atomic mass is 10.0. The Morgan fingerprint density at radius 1 is 1.44 bits per heavy atom. The van der Waals surface area contributed by atoms with E-state index >= 15 is 0 Å². The van der Waals surface area contributed by atoms with Crippen LogP contribution in [0.25, 0.3) is 11.4 Å². The maximum absolute atomic E-state index is 12.4. The molecule has 0 aliphatic heterocycles. The molecular formula is C18H19N5O2. The summed E-state index contributed by atoms with van der Waals surface area (Å²) in [5.74, 6) is 1.51. The molecule has 7 heteroatoms. The number of nitrogens with zero attached hydrogens (tertiary/aromatic N) is 4. The molecule has 7 nitrogen and oxygen atoms in total. The molecule has 0 spiro atoms. The van der Waals surface area contributed by atoms with Gasteiger partial charge in [0, 0.05) is 31.4 Å². The molecular weight excluding hydrogens is 318 g/mol. The first-order valence-electron chi connectivity index (χ1n) is 8.39. The van der Waals surface area contributed by atoms with Gasteiger partial charge >= 0.3 is 0 Å². The average molecular weight is 337 g/mol. The molecule has 1 aliphatic carbocycles. The van der Waals surface area contributed by atoms with Crippen molar-refractivity contribution in [3.8, 4) is 11.4 Å². The van der Waals surface area contributed by atoms with E-state index in [1.165, 1.54) is 5.56 Å². The van der Waals surface area contributed by atoms with Crippen LogP contribution < -0.4 is 5.32 Å². The van der Waals surface area contributed by atoms with E-state index in [1.54, 1.807) is 17.0 Å². The summed E-state index contributed by atoms with van der Waals surface area (Å²) in [7, 11) is 1.81. The third kappa shape index (κ3) is 2.82. The molecule has 0 fully saturated rings. The molecule has 3 aromatic rings. The van der Waals surface area contributed by atoms with Gasteiger partial charge in [-0.25, -0.2) is 4.98 Å². The third-order valence-electron chi connectivity index (χ3n) is 4.58. The summed E-state index contributed by atoms with van der Waals surface area (Å²) >= 11 is 0. The first kappa shape index (κ1) is 15.6. The van der Waals surface area contributed by atoms with Gasteiger partial charge in [-0.15, -0.1) is 0 Å². The number of carbonyl (C=O) groups excluding carboxylic acids is 1. The minimum Gasteiger partial charge on any atom is -0.343 e. The van der Waals surface area contributed by atoms with Gasteiger partial charge in [0.2, 0.25) is 11.7 Å². The summed E-state index contributed by atoms with van der Waals surface area (Å²) in [6, 6.07) is 6.12. The monoisotopic (exact) mass is 337 g/mol. The molecule has 128 valence electrons. The van der Waals surface area contributed by atoms with Crippen LogP contribution in [0.5, 0.6) is 0 Å². The van der Waals surface area contributed by atoms with Crippen LogP contribution in [0.15, 0.2) is 35.1 Å². The first-order chi connectivity index (χ1) is 12.2. The van der Waals surface area contributed by atoms with E-state index < -0.39 is 0 Å². The predicted octanol–water partition coefficient (Wildman–Crippen LogP) is 2.45. The number of benzene rings is 1. The van der Waals surface area contributed by atoms with E-state index in [9.17, 15) is 4.79 Å². The Bertz CT molecular complexity index is 927. The molecule has 1 aliphatic rings. The van der Waals surface area contributed by atoms with Crippen LogP contribution in [0.4, 0.5) is 0 Å². The molecule has 2 aromatic heterocycles. The first-order valence-corrected chi connectivity index (χ1v) is 8.39. The second kappa shape index (κ2) is 6.16. The van der Waals surface area contributed by atoms with Crippen molar-refractivity contribution in [1.29, 1.82) is 0 Å². The number of carbonyl (C=O) groups is 1. The number of hydrogen-bond donors (Lipinski definition) is 1. The molecule has 4 rings (SSSR count). The largest absolute Gasteiger partial charge is 0.343 e. The van der Waals surface area contributed by atoms with E-state index in [2.05, 4.69) is 26.5 Å². The number of amides is 1. The minimum atomic E-state index is -0.153. The molecule has 1 amide bonds. The molecule has 0 radical (unpaired) electrons. The average Bonchev–Trinajstić information content (AvgIpc) is 3.34. The molecule has 25 heavy (non-hydrogen) atoms. The molecule has 0 saturated carbocycles. The van der Waals surface area contributed by atoms with Crippen molar-refractivity contribution in [1.82, 2.24) is 25.0 Å². The zero-order chi connectivity index (χ0) is 17.4. The highest BCUT2D eigenvalue weighted by molar-refractivity contribution is 5.91. The van der Waals surface area contributed by atoms with E-state index in [4.69, 9.17) is 4.52 Å². The van der Waals surface area contributed by atoms with Crippen molar-refractivity contribution < 1.29 is 9.32 Å². The van der Waals surface area contributed by atoms with Gasteiger partial charge in [0.25, 0.3) is 5.91 Å². The summed E-state index contributed by atoms with van der Waals surface area (Å²) in [6.07, 6.45) is 5.90. The maximum atomic E-state index is 12.4. The normalized spacial score (nSPS) is 16.0. The summed E-state index contributed by atoms with van der Waals surface area (Å²) < 4.78 is 6.90. The summed E-state index contributed by atoms with van der Waals surface area (Å²) in [4.78, 5) is 20.9. The quantitative estimate of drug-likeness (QED) is 0.790. The van der Waals surface area contributed by atoms with Gasteiger partial charge in [-0.2, -0.15) is 4.98 Å². The zero-order valence-corrected chi connectivity index (χ0v) is 14.2. The Kier molecular flexibility index (Phi) is 3.83. The predicted molar refractivity (Wildman–Crippen MR) is 90.8 cm³/mol.